The number of hydrogen-bond donors (Lipinski definition) is 3. The lowest BCUT2D eigenvalue weighted by molar-refractivity contribution is 0.102. The van der Waals surface area contributed by atoms with Gasteiger partial charge in [-0.2, -0.15) is 0 Å². The van der Waals surface area contributed by atoms with Crippen molar-refractivity contribution in [2.45, 2.75) is 18.4 Å². The Hall–Kier alpha value is -1.79. The highest BCUT2D eigenvalue weighted by Crippen LogP contribution is 2.41. The summed E-state index contributed by atoms with van der Waals surface area (Å²) in [6.07, 6.45) is 3.07. The van der Waals surface area contributed by atoms with Crippen LogP contribution in [0.2, 0.25) is 0 Å². The number of fused-ring (bicyclic) bond motifs is 1. The van der Waals surface area contributed by atoms with Crippen LogP contribution in [-0.2, 0) is 0 Å². The summed E-state index contributed by atoms with van der Waals surface area (Å²) in [4.78, 5) is 15.5. The van der Waals surface area contributed by atoms with Crippen LogP contribution in [-0.4, -0.2) is 42.9 Å². The third-order valence-electron chi connectivity index (χ3n) is 3.57. The zero-order valence-corrected chi connectivity index (χ0v) is 9.74. The molecule has 0 aromatic carbocycles. The van der Waals surface area contributed by atoms with Gasteiger partial charge in [0.2, 0.25) is 0 Å². The standard InChI is InChI=1S/C12H14N4O2/c1-6-7(2-10(18)8(6)4-17)11-15-9-3-13-5-14-12(9)16-11/h3,5,7-8,10,17-18H,1-2,4H2,(H,13,14,15,16). The van der Waals surface area contributed by atoms with Crippen LogP contribution in [0.4, 0.5) is 0 Å². The third-order valence-corrected chi connectivity index (χ3v) is 3.57. The predicted octanol–water partition coefficient (Wildman–Crippen LogP) is 0.366. The molecule has 1 fully saturated rings. The van der Waals surface area contributed by atoms with E-state index in [1.165, 1.54) is 6.33 Å². The number of aliphatic hydroxyl groups excluding tert-OH is 2. The van der Waals surface area contributed by atoms with Gasteiger partial charge in [-0.25, -0.2) is 15.0 Å². The number of hydrogen-bond acceptors (Lipinski definition) is 5. The van der Waals surface area contributed by atoms with Crippen LogP contribution in [0, 0.1) is 5.92 Å². The Morgan fingerprint density at radius 3 is 3.00 bits per heavy atom. The van der Waals surface area contributed by atoms with Crippen LogP contribution in [0.5, 0.6) is 0 Å². The van der Waals surface area contributed by atoms with Crippen LogP contribution < -0.4 is 0 Å². The fraction of sp³-hybridized carbons (Fsp3) is 0.417. The van der Waals surface area contributed by atoms with Crippen LogP contribution >= 0.6 is 0 Å². The molecule has 0 radical (unpaired) electrons. The molecule has 3 N–H and O–H groups in total. The zero-order valence-electron chi connectivity index (χ0n) is 9.74. The first-order valence-electron chi connectivity index (χ1n) is 5.84. The van der Waals surface area contributed by atoms with E-state index in [-0.39, 0.29) is 18.4 Å². The minimum Gasteiger partial charge on any atom is -0.396 e. The molecule has 6 heteroatoms. The maximum absolute atomic E-state index is 9.88. The third kappa shape index (κ3) is 1.61. The van der Waals surface area contributed by atoms with Gasteiger partial charge in [-0.1, -0.05) is 12.2 Å². The normalized spacial score (nSPS) is 28.1. The van der Waals surface area contributed by atoms with E-state index in [0.717, 1.165) is 16.9 Å². The number of rotatable bonds is 2. The Morgan fingerprint density at radius 1 is 1.50 bits per heavy atom. The Kier molecular flexibility index (Phi) is 2.61. The summed E-state index contributed by atoms with van der Waals surface area (Å²) < 4.78 is 0. The average Bonchev–Trinajstić information content (AvgIpc) is 2.90. The second kappa shape index (κ2) is 4.15. The number of imidazole rings is 1. The molecule has 0 aliphatic heterocycles. The molecule has 6 nitrogen and oxygen atoms in total. The largest absolute Gasteiger partial charge is 0.396 e. The van der Waals surface area contributed by atoms with Gasteiger partial charge in [0.05, 0.1) is 18.9 Å². The topological polar surface area (TPSA) is 94.9 Å². The lowest BCUT2D eigenvalue weighted by Gasteiger charge is -2.12. The molecule has 1 aliphatic carbocycles. The fourth-order valence-electron chi connectivity index (χ4n) is 2.53. The van der Waals surface area contributed by atoms with E-state index in [4.69, 9.17) is 0 Å². The Bertz CT molecular complexity index is 562. The van der Waals surface area contributed by atoms with E-state index in [1.54, 1.807) is 6.20 Å². The van der Waals surface area contributed by atoms with Crippen LogP contribution in [0.1, 0.15) is 18.2 Å². The molecular formula is C12H14N4O2. The van der Waals surface area contributed by atoms with Gasteiger partial charge in [-0.05, 0) is 6.42 Å². The summed E-state index contributed by atoms with van der Waals surface area (Å²) >= 11 is 0. The summed E-state index contributed by atoms with van der Waals surface area (Å²) in [5.41, 5.74) is 2.19. The smallest absolute Gasteiger partial charge is 0.180 e. The Morgan fingerprint density at radius 2 is 2.33 bits per heavy atom. The molecule has 94 valence electrons. The van der Waals surface area contributed by atoms with Crippen LogP contribution in [0.25, 0.3) is 11.2 Å². The van der Waals surface area contributed by atoms with E-state index in [9.17, 15) is 10.2 Å². The van der Waals surface area contributed by atoms with Crippen molar-refractivity contribution in [2.24, 2.45) is 5.92 Å². The van der Waals surface area contributed by atoms with Crippen LogP contribution in [0.3, 0.4) is 0 Å². The lowest BCUT2D eigenvalue weighted by atomic mass is 9.98. The van der Waals surface area contributed by atoms with Crippen molar-refractivity contribution in [3.63, 3.8) is 0 Å². The summed E-state index contributed by atoms with van der Waals surface area (Å²) in [5, 5.41) is 19.1. The van der Waals surface area contributed by atoms with Gasteiger partial charge in [0.15, 0.2) is 5.65 Å². The summed E-state index contributed by atoms with van der Waals surface area (Å²) in [6, 6.07) is 0. The van der Waals surface area contributed by atoms with E-state index in [2.05, 4.69) is 26.5 Å². The molecular weight excluding hydrogens is 232 g/mol. The summed E-state index contributed by atoms with van der Waals surface area (Å²) in [7, 11) is 0. The van der Waals surface area contributed by atoms with Gasteiger partial charge in [-0.3, -0.25) is 0 Å². The van der Waals surface area contributed by atoms with E-state index < -0.39 is 6.10 Å². The molecule has 0 amide bonds. The molecule has 0 bridgehead atoms. The van der Waals surface area contributed by atoms with Crippen molar-refractivity contribution in [3.8, 4) is 0 Å². The van der Waals surface area contributed by atoms with Gasteiger partial charge in [0.1, 0.15) is 17.7 Å². The van der Waals surface area contributed by atoms with Gasteiger partial charge in [-0.15, -0.1) is 0 Å². The van der Waals surface area contributed by atoms with Gasteiger partial charge in [0.25, 0.3) is 0 Å². The molecule has 2 aromatic heterocycles. The van der Waals surface area contributed by atoms with Crippen molar-refractivity contribution in [3.05, 3.63) is 30.5 Å². The Labute approximate surface area is 103 Å². The first-order chi connectivity index (χ1) is 8.70. The number of nitrogens with zero attached hydrogens (tertiary/aromatic N) is 3. The van der Waals surface area contributed by atoms with Gasteiger partial charge >= 0.3 is 0 Å². The van der Waals surface area contributed by atoms with Crippen molar-refractivity contribution >= 4 is 11.2 Å². The molecule has 3 unspecified atom stereocenters. The molecule has 0 saturated heterocycles. The highest BCUT2D eigenvalue weighted by atomic mass is 16.3. The average molecular weight is 246 g/mol. The minimum absolute atomic E-state index is 0.0636. The minimum atomic E-state index is -0.563. The van der Waals surface area contributed by atoms with Gasteiger partial charge < -0.3 is 15.2 Å². The summed E-state index contributed by atoms with van der Waals surface area (Å²) in [5.74, 6) is 0.395. The molecule has 1 aliphatic rings. The first kappa shape index (κ1) is 11.3. The SMILES string of the molecule is C=C1C(c2nc3ncncc3[nH]2)CC(O)C1CO. The molecule has 0 spiro atoms. The van der Waals surface area contributed by atoms with Crippen molar-refractivity contribution in [2.75, 3.05) is 6.61 Å². The van der Waals surface area contributed by atoms with Crippen molar-refractivity contribution < 1.29 is 10.2 Å². The van der Waals surface area contributed by atoms with Crippen LogP contribution in [0.15, 0.2) is 24.7 Å². The maximum atomic E-state index is 9.88. The van der Waals surface area contributed by atoms with E-state index in [0.29, 0.717) is 12.1 Å². The number of aromatic amines is 1. The van der Waals surface area contributed by atoms with E-state index in [1.807, 2.05) is 0 Å². The molecule has 1 saturated carbocycles. The second-order valence-electron chi connectivity index (χ2n) is 4.60. The van der Waals surface area contributed by atoms with Crippen molar-refractivity contribution in [1.82, 2.24) is 19.9 Å². The number of aliphatic hydroxyl groups is 2. The number of H-pyrrole nitrogens is 1. The van der Waals surface area contributed by atoms with Gasteiger partial charge in [0, 0.05) is 11.8 Å². The number of nitrogens with one attached hydrogen (secondary N) is 1. The predicted molar refractivity (Wildman–Crippen MR) is 64.8 cm³/mol. The molecule has 3 atom stereocenters. The first-order valence-corrected chi connectivity index (χ1v) is 5.84. The second-order valence-corrected chi connectivity index (χ2v) is 4.60. The summed E-state index contributed by atoms with van der Waals surface area (Å²) in [6.45, 7) is 3.88. The number of aromatic nitrogens is 4. The highest BCUT2D eigenvalue weighted by Gasteiger charge is 2.38. The molecule has 2 aromatic rings. The van der Waals surface area contributed by atoms with Crippen molar-refractivity contribution in [1.29, 1.82) is 0 Å². The quantitative estimate of drug-likeness (QED) is 0.665. The van der Waals surface area contributed by atoms with E-state index >= 15 is 0 Å². The highest BCUT2D eigenvalue weighted by molar-refractivity contribution is 5.69. The monoisotopic (exact) mass is 246 g/mol. The lowest BCUT2D eigenvalue weighted by Crippen LogP contribution is -2.17. The molecule has 2 heterocycles. The Balaban J connectivity index is 1.98. The zero-order chi connectivity index (χ0) is 12.7. The molecule has 18 heavy (non-hydrogen) atoms. The fourth-order valence-corrected chi connectivity index (χ4v) is 2.53. The maximum Gasteiger partial charge on any atom is 0.180 e. The molecule has 3 rings (SSSR count).